The first-order valence-electron chi connectivity index (χ1n) is 13.0. The lowest BCUT2D eigenvalue weighted by molar-refractivity contribution is -0.139. The number of nitrogens with one attached hydrogen (secondary N) is 3. The average Bonchev–Trinajstić information content (AvgIpc) is 2.96. The first-order chi connectivity index (χ1) is 20.7. The summed E-state index contributed by atoms with van der Waals surface area (Å²) in [6, 6.07) is 17.1. The lowest BCUT2D eigenvalue weighted by atomic mass is 9.95. The van der Waals surface area contributed by atoms with Crippen LogP contribution in [-0.4, -0.2) is 36.4 Å². The molecule has 1 atom stereocenters. The van der Waals surface area contributed by atoms with Gasteiger partial charge in [0.1, 0.15) is 18.1 Å². The van der Waals surface area contributed by atoms with Crippen molar-refractivity contribution in [3.63, 3.8) is 0 Å². The van der Waals surface area contributed by atoms with Gasteiger partial charge in [-0.3, -0.25) is 4.79 Å². The second-order valence-electron chi connectivity index (χ2n) is 9.13. The number of benzene rings is 3. The molecule has 0 bridgehead atoms. The van der Waals surface area contributed by atoms with Crippen molar-refractivity contribution in [2.75, 3.05) is 13.2 Å². The minimum Gasteiger partial charge on any atom is -0.487 e. The van der Waals surface area contributed by atoms with E-state index >= 15 is 0 Å². The fraction of sp³-hybridized carbons (Fsp3) is 0.200. The highest BCUT2D eigenvalue weighted by Crippen LogP contribution is 2.34. The molecule has 4 rings (SSSR count). The fourth-order valence-electron chi connectivity index (χ4n) is 4.17. The predicted molar refractivity (Wildman–Crippen MR) is 174 cm³/mol. The lowest BCUT2D eigenvalue weighted by Gasteiger charge is -2.30. The number of esters is 1. The minimum absolute atomic E-state index is 0.216. The molecule has 43 heavy (non-hydrogen) atoms. The molecule has 0 spiro atoms. The van der Waals surface area contributed by atoms with Crippen molar-refractivity contribution in [1.82, 2.24) is 16.1 Å². The Kier molecular flexibility index (Phi) is 11.4. The van der Waals surface area contributed by atoms with Crippen molar-refractivity contribution in [3.05, 3.63) is 103 Å². The van der Waals surface area contributed by atoms with Crippen molar-refractivity contribution in [1.29, 1.82) is 0 Å². The molecule has 0 aromatic heterocycles. The van der Waals surface area contributed by atoms with E-state index in [1.54, 1.807) is 62.4 Å². The maximum atomic E-state index is 12.8. The predicted octanol–water partition coefficient (Wildman–Crippen LogP) is 6.22. The van der Waals surface area contributed by atoms with Crippen LogP contribution in [0.1, 0.15) is 36.6 Å². The molecule has 1 aliphatic rings. The second kappa shape index (κ2) is 15.2. The normalized spacial score (nSPS) is 14.6. The lowest BCUT2D eigenvalue weighted by Crippen LogP contribution is -2.45. The number of nitrogens with zero attached hydrogens (tertiary/aromatic N) is 1. The van der Waals surface area contributed by atoms with Gasteiger partial charge in [-0.1, -0.05) is 53.5 Å². The van der Waals surface area contributed by atoms with Crippen LogP contribution in [0, 0.1) is 0 Å². The van der Waals surface area contributed by atoms with Gasteiger partial charge in [-0.25, -0.2) is 10.2 Å². The summed E-state index contributed by atoms with van der Waals surface area (Å²) in [6.45, 7) is 3.62. The Bertz CT molecular complexity index is 1580. The molecule has 224 valence electrons. The number of amides is 1. The molecule has 3 N–H and O–H groups in total. The highest BCUT2D eigenvalue weighted by molar-refractivity contribution is 9.10. The van der Waals surface area contributed by atoms with E-state index in [2.05, 4.69) is 37.1 Å². The van der Waals surface area contributed by atoms with Crippen LogP contribution in [0.15, 0.2) is 81.5 Å². The van der Waals surface area contributed by atoms with Crippen LogP contribution in [-0.2, 0) is 20.9 Å². The highest BCUT2D eigenvalue weighted by Gasteiger charge is 2.32. The second-order valence-corrected chi connectivity index (χ2v) is 11.3. The molecule has 0 fully saturated rings. The molecule has 3 aromatic rings. The third kappa shape index (κ3) is 8.70. The van der Waals surface area contributed by atoms with Crippen molar-refractivity contribution in [2.45, 2.75) is 26.5 Å². The van der Waals surface area contributed by atoms with E-state index in [0.29, 0.717) is 53.5 Å². The molecule has 1 heterocycles. The summed E-state index contributed by atoms with van der Waals surface area (Å²) in [5.41, 5.74) is 5.45. The average molecular weight is 706 g/mol. The van der Waals surface area contributed by atoms with Gasteiger partial charge in [0.15, 0.2) is 11.7 Å². The van der Waals surface area contributed by atoms with E-state index in [0.717, 1.165) is 5.56 Å². The molecular formula is C30H27BrCl2N4O5S. The molecule has 1 amide bonds. The standard InChI is InChI=1S/C30H27BrCl2N4O5S/c1-3-40-29(39)26-17(2)35-30(43)36-27(26)22-6-4-5-7-24(22)41-16-25(38)37-34-14-19-12-21(33)13-23(31)28(19)42-15-18-8-10-20(32)11-9-18/h4-14,27H,3,15-16H2,1-2H3,(H,37,38)(H2,35,36,43)/t27-/m1/s1. The van der Waals surface area contributed by atoms with E-state index in [4.69, 9.17) is 49.6 Å². The third-order valence-electron chi connectivity index (χ3n) is 6.08. The van der Waals surface area contributed by atoms with Crippen LogP contribution < -0.4 is 25.5 Å². The Morgan fingerprint density at radius 2 is 1.84 bits per heavy atom. The van der Waals surface area contributed by atoms with Crippen LogP contribution >= 0.6 is 51.3 Å². The quantitative estimate of drug-likeness (QED) is 0.0934. The van der Waals surface area contributed by atoms with Gasteiger partial charge in [0.25, 0.3) is 5.91 Å². The zero-order chi connectivity index (χ0) is 30.9. The van der Waals surface area contributed by atoms with Gasteiger partial charge < -0.3 is 24.8 Å². The molecule has 13 heteroatoms. The summed E-state index contributed by atoms with van der Waals surface area (Å²) < 4.78 is 17.7. The number of ether oxygens (including phenoxy) is 3. The topological polar surface area (TPSA) is 110 Å². The Balaban J connectivity index is 1.43. The van der Waals surface area contributed by atoms with Crippen molar-refractivity contribution in [2.24, 2.45) is 5.10 Å². The smallest absolute Gasteiger partial charge is 0.338 e. The maximum Gasteiger partial charge on any atom is 0.338 e. The molecule has 9 nitrogen and oxygen atoms in total. The van der Waals surface area contributed by atoms with Gasteiger partial charge in [-0.15, -0.1) is 0 Å². The number of thiocarbonyl (C=S) groups is 1. The number of rotatable bonds is 11. The van der Waals surface area contributed by atoms with E-state index in [1.165, 1.54) is 6.21 Å². The SMILES string of the molecule is CCOC(=O)C1=C(C)NC(=S)N[C@@H]1c1ccccc1OCC(=O)NN=Cc1cc(Cl)cc(Br)c1OCc1ccc(Cl)cc1. The first-order valence-corrected chi connectivity index (χ1v) is 15.0. The van der Waals surface area contributed by atoms with Gasteiger partial charge in [0, 0.05) is 26.9 Å². The van der Waals surface area contributed by atoms with Gasteiger partial charge in [-0.05, 0) is 77.9 Å². The number of allylic oxidation sites excluding steroid dienone is 1. The molecule has 0 aliphatic carbocycles. The van der Waals surface area contributed by atoms with E-state index in [9.17, 15) is 9.59 Å². The fourth-order valence-corrected chi connectivity index (χ4v) is 5.52. The number of carbonyl (C=O) groups excluding carboxylic acids is 2. The number of hydrazone groups is 1. The third-order valence-corrected chi connectivity index (χ3v) is 7.36. The van der Waals surface area contributed by atoms with Gasteiger partial charge in [-0.2, -0.15) is 5.10 Å². The summed E-state index contributed by atoms with van der Waals surface area (Å²) in [5.74, 6) is -0.119. The largest absolute Gasteiger partial charge is 0.487 e. The molecule has 0 unspecified atom stereocenters. The Morgan fingerprint density at radius 1 is 1.09 bits per heavy atom. The summed E-state index contributed by atoms with van der Waals surface area (Å²) in [6.07, 6.45) is 1.43. The zero-order valence-corrected chi connectivity index (χ0v) is 27.0. The molecule has 1 aliphatic heterocycles. The van der Waals surface area contributed by atoms with Crippen LogP contribution in [0.2, 0.25) is 10.0 Å². The Labute approximate surface area is 272 Å². The molecule has 0 saturated heterocycles. The highest BCUT2D eigenvalue weighted by atomic mass is 79.9. The summed E-state index contributed by atoms with van der Waals surface area (Å²) in [4.78, 5) is 25.4. The van der Waals surface area contributed by atoms with Gasteiger partial charge in [0.05, 0.1) is 28.9 Å². The van der Waals surface area contributed by atoms with Crippen LogP contribution in [0.4, 0.5) is 0 Å². The van der Waals surface area contributed by atoms with Crippen molar-refractivity contribution < 1.29 is 23.8 Å². The van der Waals surface area contributed by atoms with Crippen LogP contribution in [0.3, 0.4) is 0 Å². The Hall–Kier alpha value is -3.64. The van der Waals surface area contributed by atoms with Crippen LogP contribution in [0.5, 0.6) is 11.5 Å². The molecular weight excluding hydrogens is 679 g/mol. The monoisotopic (exact) mass is 704 g/mol. The summed E-state index contributed by atoms with van der Waals surface area (Å²) >= 11 is 21.0. The summed E-state index contributed by atoms with van der Waals surface area (Å²) in [7, 11) is 0. The van der Waals surface area contributed by atoms with Crippen molar-refractivity contribution in [3.8, 4) is 11.5 Å². The number of hydrogen-bond donors (Lipinski definition) is 3. The molecule has 0 radical (unpaired) electrons. The summed E-state index contributed by atoms with van der Waals surface area (Å²) in [5, 5.41) is 11.6. The zero-order valence-electron chi connectivity index (χ0n) is 23.1. The number of hydrogen-bond acceptors (Lipinski definition) is 7. The van der Waals surface area contributed by atoms with E-state index < -0.39 is 17.9 Å². The number of para-hydroxylation sites is 1. The van der Waals surface area contributed by atoms with Gasteiger partial charge >= 0.3 is 5.97 Å². The number of carbonyl (C=O) groups is 2. The first kappa shape index (κ1) is 32.3. The van der Waals surface area contributed by atoms with E-state index in [-0.39, 0.29) is 19.8 Å². The maximum absolute atomic E-state index is 12.8. The van der Waals surface area contributed by atoms with Gasteiger partial charge in [0.2, 0.25) is 0 Å². The Morgan fingerprint density at radius 3 is 2.58 bits per heavy atom. The van der Waals surface area contributed by atoms with Crippen LogP contribution in [0.25, 0.3) is 0 Å². The molecule has 3 aromatic carbocycles. The van der Waals surface area contributed by atoms with E-state index in [1.807, 2.05) is 12.1 Å². The molecule has 0 saturated carbocycles. The minimum atomic E-state index is -0.641. The number of halogens is 3. The van der Waals surface area contributed by atoms with Crippen molar-refractivity contribution >= 4 is 74.6 Å².